The van der Waals surface area contributed by atoms with Crippen molar-refractivity contribution in [1.29, 1.82) is 0 Å². The summed E-state index contributed by atoms with van der Waals surface area (Å²) in [6, 6.07) is 28.7. The molecule has 1 fully saturated rings. The molecule has 0 spiro atoms. The number of aromatic nitrogens is 2. The number of aliphatic hydroxyl groups is 1. The normalized spacial score (nSPS) is 15.4. The third kappa shape index (κ3) is 5.52. The molecule has 1 unspecified atom stereocenters. The maximum Gasteiger partial charge on any atom is 0.113 e. The summed E-state index contributed by atoms with van der Waals surface area (Å²) in [6.07, 6.45) is 5.36. The Balaban J connectivity index is 0.00000274. The number of fused-ring (bicyclic) bond motifs is 1. The summed E-state index contributed by atoms with van der Waals surface area (Å²) in [7, 11) is 0. The molecule has 5 heteroatoms. The van der Waals surface area contributed by atoms with Crippen LogP contribution in [-0.4, -0.2) is 27.4 Å². The predicted octanol–water partition coefficient (Wildman–Crippen LogP) is 6.67. The van der Waals surface area contributed by atoms with Gasteiger partial charge < -0.3 is 14.4 Å². The van der Waals surface area contributed by atoms with Crippen molar-refractivity contribution in [2.75, 3.05) is 6.61 Å². The van der Waals surface area contributed by atoms with E-state index in [0.29, 0.717) is 12.5 Å². The summed E-state index contributed by atoms with van der Waals surface area (Å²) in [5, 5.41) is 11.1. The summed E-state index contributed by atoms with van der Waals surface area (Å²) in [6.45, 7) is 0.744. The monoisotopic (exact) mass is 476 g/mol. The van der Waals surface area contributed by atoms with Gasteiger partial charge in [0.15, 0.2) is 0 Å². The molecule has 0 saturated heterocycles. The van der Waals surface area contributed by atoms with Crippen molar-refractivity contribution in [1.82, 2.24) is 9.55 Å². The highest BCUT2D eigenvalue weighted by molar-refractivity contribution is 5.85. The van der Waals surface area contributed by atoms with Crippen LogP contribution in [0.1, 0.15) is 61.1 Å². The van der Waals surface area contributed by atoms with Gasteiger partial charge in [-0.3, -0.25) is 0 Å². The minimum Gasteiger partial charge on any atom is -0.389 e. The molecule has 4 aromatic rings. The van der Waals surface area contributed by atoms with Crippen molar-refractivity contribution in [2.45, 2.75) is 56.8 Å². The minimum atomic E-state index is -0.625. The number of aliphatic hydroxyl groups excluding tert-OH is 1. The van der Waals surface area contributed by atoms with Gasteiger partial charge >= 0.3 is 0 Å². The van der Waals surface area contributed by atoms with Crippen LogP contribution < -0.4 is 0 Å². The first-order valence-electron chi connectivity index (χ1n) is 12.1. The molecule has 1 N–H and O–H groups in total. The Hall–Kier alpha value is -2.66. The first-order chi connectivity index (χ1) is 16.3. The van der Waals surface area contributed by atoms with E-state index in [-0.39, 0.29) is 25.1 Å². The van der Waals surface area contributed by atoms with E-state index in [1.165, 1.54) is 32.1 Å². The minimum absolute atomic E-state index is 0. The second kappa shape index (κ2) is 11.7. The van der Waals surface area contributed by atoms with Crippen molar-refractivity contribution in [3.05, 3.63) is 102 Å². The molecule has 1 heterocycles. The molecule has 1 aromatic heterocycles. The van der Waals surface area contributed by atoms with Crippen LogP contribution in [0.3, 0.4) is 0 Å². The molecular weight excluding hydrogens is 444 g/mol. The van der Waals surface area contributed by atoms with E-state index in [0.717, 1.165) is 28.0 Å². The van der Waals surface area contributed by atoms with Crippen LogP contribution in [-0.2, 0) is 11.3 Å². The SMILES string of the molecule is Cl.OC(COC(c1ccccc1)c1ccccc1)Cn1c(C2CCCCC2)nc2ccccc21. The van der Waals surface area contributed by atoms with Gasteiger partial charge in [0.05, 0.1) is 30.3 Å². The fourth-order valence-electron chi connectivity index (χ4n) is 5.07. The molecule has 178 valence electrons. The van der Waals surface area contributed by atoms with Gasteiger partial charge in [0.1, 0.15) is 11.9 Å². The Labute approximate surface area is 208 Å². The number of hydrogen-bond acceptors (Lipinski definition) is 3. The van der Waals surface area contributed by atoms with E-state index < -0.39 is 6.10 Å². The summed E-state index contributed by atoms with van der Waals surface area (Å²) < 4.78 is 8.57. The molecular formula is C29H33ClN2O2. The number of halogens is 1. The van der Waals surface area contributed by atoms with Gasteiger partial charge in [-0.2, -0.15) is 0 Å². The molecule has 0 amide bonds. The highest BCUT2D eigenvalue weighted by atomic mass is 35.5. The maximum absolute atomic E-state index is 11.1. The molecule has 1 atom stereocenters. The third-order valence-corrected chi connectivity index (χ3v) is 6.71. The first-order valence-corrected chi connectivity index (χ1v) is 12.1. The van der Waals surface area contributed by atoms with E-state index >= 15 is 0 Å². The van der Waals surface area contributed by atoms with Crippen LogP contribution in [0.4, 0.5) is 0 Å². The van der Waals surface area contributed by atoms with Crippen molar-refractivity contribution in [3.8, 4) is 0 Å². The molecule has 0 bridgehead atoms. The van der Waals surface area contributed by atoms with Gasteiger partial charge in [-0.1, -0.05) is 92.1 Å². The summed E-state index contributed by atoms with van der Waals surface area (Å²) in [5.74, 6) is 1.60. The van der Waals surface area contributed by atoms with Gasteiger partial charge in [0.2, 0.25) is 0 Å². The van der Waals surface area contributed by atoms with Crippen LogP contribution in [0.25, 0.3) is 11.0 Å². The number of imidazole rings is 1. The lowest BCUT2D eigenvalue weighted by molar-refractivity contribution is -0.000582. The van der Waals surface area contributed by atoms with Crippen molar-refractivity contribution < 1.29 is 9.84 Å². The zero-order chi connectivity index (χ0) is 22.5. The molecule has 5 rings (SSSR count). The average molecular weight is 477 g/mol. The second-order valence-corrected chi connectivity index (χ2v) is 9.09. The van der Waals surface area contributed by atoms with Gasteiger partial charge in [-0.15, -0.1) is 12.4 Å². The molecule has 1 saturated carbocycles. The van der Waals surface area contributed by atoms with Crippen LogP contribution in [0.15, 0.2) is 84.9 Å². The molecule has 0 radical (unpaired) electrons. The van der Waals surface area contributed by atoms with Crippen molar-refractivity contribution in [3.63, 3.8) is 0 Å². The lowest BCUT2D eigenvalue weighted by Gasteiger charge is -2.24. The maximum atomic E-state index is 11.1. The summed E-state index contributed by atoms with van der Waals surface area (Å²) >= 11 is 0. The van der Waals surface area contributed by atoms with Crippen molar-refractivity contribution >= 4 is 23.4 Å². The van der Waals surface area contributed by atoms with Crippen LogP contribution in [0.2, 0.25) is 0 Å². The van der Waals surface area contributed by atoms with E-state index in [2.05, 4.69) is 47.0 Å². The summed E-state index contributed by atoms with van der Waals surface area (Å²) in [5.41, 5.74) is 4.29. The summed E-state index contributed by atoms with van der Waals surface area (Å²) in [4.78, 5) is 4.99. The highest BCUT2D eigenvalue weighted by Crippen LogP contribution is 2.34. The van der Waals surface area contributed by atoms with E-state index in [9.17, 15) is 5.11 Å². The zero-order valence-electron chi connectivity index (χ0n) is 19.4. The number of ether oxygens (including phenoxy) is 1. The molecule has 1 aliphatic carbocycles. The number of hydrogen-bond donors (Lipinski definition) is 1. The Kier molecular flexibility index (Phi) is 8.39. The Morgan fingerprint density at radius 1 is 0.824 bits per heavy atom. The molecule has 1 aliphatic rings. The van der Waals surface area contributed by atoms with Crippen LogP contribution in [0.5, 0.6) is 0 Å². The van der Waals surface area contributed by atoms with Crippen molar-refractivity contribution in [2.24, 2.45) is 0 Å². The van der Waals surface area contributed by atoms with E-state index in [1.807, 2.05) is 42.5 Å². The molecule has 3 aromatic carbocycles. The number of rotatable bonds is 8. The lowest BCUT2D eigenvalue weighted by atomic mass is 9.88. The third-order valence-electron chi connectivity index (χ3n) is 6.71. The largest absolute Gasteiger partial charge is 0.389 e. The van der Waals surface area contributed by atoms with Crippen LogP contribution in [0, 0.1) is 0 Å². The molecule has 34 heavy (non-hydrogen) atoms. The van der Waals surface area contributed by atoms with E-state index in [1.54, 1.807) is 0 Å². The fourth-order valence-corrected chi connectivity index (χ4v) is 5.07. The van der Waals surface area contributed by atoms with Gasteiger partial charge in [-0.25, -0.2) is 4.98 Å². The average Bonchev–Trinajstić information content (AvgIpc) is 3.24. The quantitative estimate of drug-likeness (QED) is 0.309. The second-order valence-electron chi connectivity index (χ2n) is 9.09. The Bertz CT molecular complexity index is 1120. The van der Waals surface area contributed by atoms with Gasteiger partial charge in [0.25, 0.3) is 0 Å². The molecule has 4 nitrogen and oxygen atoms in total. The molecule has 0 aliphatic heterocycles. The van der Waals surface area contributed by atoms with Crippen LogP contribution >= 0.6 is 12.4 Å². The van der Waals surface area contributed by atoms with E-state index in [4.69, 9.17) is 9.72 Å². The number of benzene rings is 3. The topological polar surface area (TPSA) is 47.3 Å². The lowest BCUT2D eigenvalue weighted by Crippen LogP contribution is -2.25. The van der Waals surface area contributed by atoms with Gasteiger partial charge in [-0.05, 0) is 36.1 Å². The number of para-hydroxylation sites is 2. The smallest absolute Gasteiger partial charge is 0.113 e. The Morgan fingerprint density at radius 3 is 2.06 bits per heavy atom. The number of nitrogens with zero attached hydrogens (tertiary/aromatic N) is 2. The zero-order valence-corrected chi connectivity index (χ0v) is 20.2. The predicted molar refractivity (Wildman–Crippen MR) is 139 cm³/mol. The fraction of sp³-hybridized carbons (Fsp3) is 0.345. The first kappa shape index (κ1) is 24.5. The Morgan fingerprint density at radius 2 is 1.41 bits per heavy atom. The highest BCUT2D eigenvalue weighted by Gasteiger charge is 2.24. The standard InChI is InChI=1S/C29H32N2O2.ClH/c32-25(21-33-28(22-12-4-1-5-13-22)23-14-6-2-7-15-23)20-31-27-19-11-10-18-26(27)30-29(31)24-16-8-3-9-17-24;/h1-2,4-7,10-15,18-19,24-25,28,32H,3,8-9,16-17,20-21H2;1H. The van der Waals surface area contributed by atoms with Gasteiger partial charge in [0, 0.05) is 5.92 Å².